The molecule has 21 heavy (non-hydrogen) atoms. The molecule has 0 aromatic heterocycles. The van der Waals surface area contributed by atoms with Crippen molar-refractivity contribution >= 4 is 33.1 Å². The Kier molecular flexibility index (Phi) is 10.1. The van der Waals surface area contributed by atoms with E-state index >= 15 is 0 Å². The van der Waals surface area contributed by atoms with Gasteiger partial charge in [-0.3, -0.25) is 0 Å². The van der Waals surface area contributed by atoms with Crippen molar-refractivity contribution in [2.75, 3.05) is 0 Å². The van der Waals surface area contributed by atoms with Crippen molar-refractivity contribution in [2.24, 2.45) is 11.8 Å². The summed E-state index contributed by atoms with van der Waals surface area (Å²) in [7, 11) is 0. The summed E-state index contributed by atoms with van der Waals surface area (Å²) in [4.78, 5) is 20.6. The minimum absolute atomic E-state index is 0.0709. The Bertz CT molecular complexity index is 414. The summed E-state index contributed by atoms with van der Waals surface area (Å²) in [6, 6.07) is 5.14. The molecule has 0 aliphatic rings. The van der Waals surface area contributed by atoms with Gasteiger partial charge in [0.2, 0.25) is 0 Å². The molecule has 0 N–H and O–H groups in total. The first-order chi connectivity index (χ1) is 9.75. The fourth-order valence-electron chi connectivity index (χ4n) is 1.50. The average Bonchev–Trinajstić information content (AvgIpc) is 2.38. The maximum absolute atomic E-state index is 10.3. The smallest absolute Gasteiger partial charge is 0.0721 e. The summed E-state index contributed by atoms with van der Waals surface area (Å²) >= 11 is 0.0709. The van der Waals surface area contributed by atoms with Crippen molar-refractivity contribution in [3.05, 3.63) is 35.4 Å². The molecule has 0 saturated carbocycles. The van der Waals surface area contributed by atoms with Gasteiger partial charge in [-0.1, -0.05) is 24.3 Å². The molecule has 0 unspecified atom stereocenters. The molecule has 5 heteroatoms. The minimum atomic E-state index is -1.52. The van der Waals surface area contributed by atoms with Crippen LogP contribution in [0, 0.1) is 11.8 Å². The third-order valence-corrected chi connectivity index (χ3v) is 8.78. The third kappa shape index (κ3) is 9.50. The normalized spacial score (nSPS) is 9.81. The van der Waals surface area contributed by atoms with Gasteiger partial charge in [0.05, 0.1) is 11.9 Å². The van der Waals surface area contributed by atoms with Crippen LogP contribution in [0.4, 0.5) is 0 Å². The summed E-state index contributed by atoms with van der Waals surface area (Å²) in [6.45, 7) is 9.34. The van der Waals surface area contributed by atoms with E-state index in [1.807, 2.05) is 0 Å². The van der Waals surface area contributed by atoms with Gasteiger partial charge < -0.3 is 19.8 Å². The van der Waals surface area contributed by atoms with Crippen LogP contribution >= 0.6 is 0 Å². The molecule has 1 rings (SSSR count). The molecular formula is C16H22O4Sn. The summed E-state index contributed by atoms with van der Waals surface area (Å²) in [5.41, 5.74) is -0.727. The SMILES string of the molecule is CC(C)[CH2][Sn+2][CH2]C(C)C.O=C([O-])c1ccccc1C(=O)[O-]. The van der Waals surface area contributed by atoms with Crippen molar-refractivity contribution in [3.63, 3.8) is 0 Å². The zero-order valence-corrected chi connectivity index (χ0v) is 15.9. The molecule has 4 nitrogen and oxygen atoms in total. The average molecular weight is 397 g/mol. The Morgan fingerprint density at radius 3 is 1.48 bits per heavy atom. The van der Waals surface area contributed by atoms with Crippen molar-refractivity contribution < 1.29 is 19.8 Å². The molecule has 0 aliphatic heterocycles. The number of carboxylic acid groups (broad SMARTS) is 2. The number of aromatic carboxylic acids is 2. The second kappa shape index (κ2) is 10.7. The quantitative estimate of drug-likeness (QED) is 0.677. The van der Waals surface area contributed by atoms with Crippen molar-refractivity contribution in [3.8, 4) is 0 Å². The van der Waals surface area contributed by atoms with Gasteiger partial charge in [-0.05, 0) is 0 Å². The number of hydrogen-bond acceptors (Lipinski definition) is 4. The molecule has 0 spiro atoms. The van der Waals surface area contributed by atoms with E-state index in [-0.39, 0.29) is 32.3 Å². The molecule has 0 aliphatic carbocycles. The number of carboxylic acids is 2. The molecule has 0 radical (unpaired) electrons. The van der Waals surface area contributed by atoms with E-state index < -0.39 is 11.9 Å². The van der Waals surface area contributed by atoms with Gasteiger partial charge in [0.25, 0.3) is 0 Å². The van der Waals surface area contributed by atoms with Crippen LogP contribution in [0.5, 0.6) is 0 Å². The van der Waals surface area contributed by atoms with E-state index in [0.29, 0.717) is 0 Å². The standard InChI is InChI=1S/C8H6O4.2C4H9.Sn/c9-7(10)5-3-1-2-4-6(5)8(11)12;2*1-4(2)3;/h1-4H,(H,9,10)(H,11,12);2*4H,1H2,2-3H3;/q;;;+2/p-2. The molecule has 0 atom stereocenters. The minimum Gasteiger partial charge on any atom is -0.545 e. The number of hydrogen-bond donors (Lipinski definition) is 0. The van der Waals surface area contributed by atoms with Crippen LogP contribution in [0.1, 0.15) is 48.4 Å². The molecule has 1 aromatic carbocycles. The summed E-state index contributed by atoms with van der Waals surface area (Å²) < 4.78 is 3.14. The van der Waals surface area contributed by atoms with Crippen molar-refractivity contribution in [2.45, 2.75) is 36.6 Å². The van der Waals surface area contributed by atoms with Gasteiger partial charge in [-0.15, -0.1) is 0 Å². The molecule has 1 aromatic rings. The fourth-order valence-corrected chi connectivity index (χ4v) is 5.27. The molecule has 0 bridgehead atoms. The molecule has 0 saturated heterocycles. The van der Waals surface area contributed by atoms with Gasteiger partial charge >= 0.3 is 69.5 Å². The van der Waals surface area contributed by atoms with E-state index in [1.165, 1.54) is 12.1 Å². The Morgan fingerprint density at radius 2 is 1.24 bits per heavy atom. The van der Waals surface area contributed by atoms with Gasteiger partial charge in [0.15, 0.2) is 0 Å². The second-order valence-electron chi connectivity index (χ2n) is 5.57. The van der Waals surface area contributed by atoms with Crippen LogP contribution in [0.25, 0.3) is 0 Å². The van der Waals surface area contributed by atoms with E-state index in [4.69, 9.17) is 0 Å². The number of rotatable bonds is 6. The molecule has 0 amide bonds. The summed E-state index contributed by atoms with van der Waals surface area (Å²) in [5.74, 6) is -1.10. The fraction of sp³-hybridized carbons (Fsp3) is 0.500. The van der Waals surface area contributed by atoms with Crippen LogP contribution in [-0.2, 0) is 0 Å². The topological polar surface area (TPSA) is 80.3 Å². The van der Waals surface area contributed by atoms with Gasteiger partial charge in [-0.2, -0.15) is 0 Å². The van der Waals surface area contributed by atoms with E-state index in [1.54, 1.807) is 8.87 Å². The van der Waals surface area contributed by atoms with E-state index in [0.717, 1.165) is 24.0 Å². The predicted octanol–water partition coefficient (Wildman–Crippen LogP) is 1.25. The zero-order valence-electron chi connectivity index (χ0n) is 13.0. The first-order valence-electron chi connectivity index (χ1n) is 6.98. The van der Waals surface area contributed by atoms with Gasteiger partial charge in [0, 0.05) is 11.1 Å². The predicted molar refractivity (Wildman–Crippen MR) is 80.1 cm³/mol. The Hall–Kier alpha value is -1.04. The third-order valence-electron chi connectivity index (χ3n) is 2.47. The molecule has 0 heterocycles. The maximum atomic E-state index is 10.3. The zero-order chi connectivity index (χ0) is 16.4. The Morgan fingerprint density at radius 1 is 0.905 bits per heavy atom. The van der Waals surface area contributed by atoms with Crippen LogP contribution < -0.4 is 10.2 Å². The van der Waals surface area contributed by atoms with Gasteiger partial charge in [0.1, 0.15) is 0 Å². The molecule has 114 valence electrons. The molecular weight excluding hydrogens is 375 g/mol. The maximum Gasteiger partial charge on any atom is 0.0721 e. The number of carbonyl (C=O) groups is 2. The van der Waals surface area contributed by atoms with Crippen LogP contribution in [0.15, 0.2) is 24.3 Å². The number of benzene rings is 1. The first-order valence-corrected chi connectivity index (χ1v) is 11.0. The van der Waals surface area contributed by atoms with Crippen molar-refractivity contribution in [1.82, 2.24) is 0 Å². The summed E-state index contributed by atoms with van der Waals surface area (Å²) in [6.07, 6.45) is 0. The van der Waals surface area contributed by atoms with E-state index in [9.17, 15) is 19.8 Å². The van der Waals surface area contributed by atoms with Gasteiger partial charge in [-0.25, -0.2) is 0 Å². The second-order valence-corrected chi connectivity index (χ2v) is 9.32. The Labute approximate surface area is 136 Å². The van der Waals surface area contributed by atoms with Crippen molar-refractivity contribution in [1.29, 1.82) is 0 Å². The van der Waals surface area contributed by atoms with Crippen LogP contribution in [0.2, 0.25) is 8.87 Å². The molecule has 0 fully saturated rings. The van der Waals surface area contributed by atoms with E-state index in [2.05, 4.69) is 27.7 Å². The largest absolute Gasteiger partial charge is 0.545 e. The summed E-state index contributed by atoms with van der Waals surface area (Å²) in [5, 5.41) is 20.6. The van der Waals surface area contributed by atoms with Crippen LogP contribution in [0.3, 0.4) is 0 Å². The van der Waals surface area contributed by atoms with Crippen LogP contribution in [-0.4, -0.2) is 33.1 Å². The monoisotopic (exact) mass is 398 g/mol. The number of carbonyl (C=O) groups excluding carboxylic acids is 2. The first kappa shape index (κ1) is 20.0. The Balaban J connectivity index is 0.000000400.